The van der Waals surface area contributed by atoms with Crippen LogP contribution in [0.1, 0.15) is 41.7 Å². The minimum Gasteiger partial charge on any atom is -0.393 e. The number of piperidine rings is 2. The van der Waals surface area contributed by atoms with Crippen LogP contribution in [0.25, 0.3) is 22.0 Å². The fourth-order valence-electron chi connectivity index (χ4n) is 5.37. The first-order valence-electron chi connectivity index (χ1n) is 13.5. The van der Waals surface area contributed by atoms with Crippen molar-refractivity contribution in [1.29, 1.82) is 0 Å². The number of hydrogen-bond donors (Lipinski definition) is 4. The second-order valence-electron chi connectivity index (χ2n) is 10.5. The normalized spacial score (nSPS) is 17.5. The molecule has 0 aliphatic carbocycles. The van der Waals surface area contributed by atoms with E-state index in [9.17, 15) is 15.0 Å². The van der Waals surface area contributed by atoms with Crippen molar-refractivity contribution in [2.45, 2.75) is 44.4 Å². The number of aliphatic hydroxyl groups excluding tert-OH is 2. The highest BCUT2D eigenvalue weighted by Gasteiger charge is 2.20. The maximum atomic E-state index is 13.2. The highest BCUT2D eigenvalue weighted by molar-refractivity contribution is 6.11. The number of likely N-dealkylation sites (tertiary alicyclic amines) is 1. The molecule has 2 aliphatic rings. The SMILES string of the molecule is O=C(Nc1ccc(N2CCC(O)CC2)nc1)c1n[nH]c2ccc(-c3cncc(CN4CCC(O)CC4)c3)cc12. The zero-order chi connectivity index (χ0) is 26.8. The average molecular weight is 528 g/mol. The topological polar surface area (TPSA) is 130 Å². The number of pyridine rings is 2. The summed E-state index contributed by atoms with van der Waals surface area (Å²) < 4.78 is 0. The molecule has 202 valence electrons. The molecule has 2 saturated heterocycles. The number of nitrogens with one attached hydrogen (secondary N) is 2. The van der Waals surface area contributed by atoms with Crippen LogP contribution in [-0.4, -0.2) is 79.6 Å². The molecular weight excluding hydrogens is 494 g/mol. The lowest BCUT2D eigenvalue weighted by Crippen LogP contribution is -2.36. The van der Waals surface area contributed by atoms with Crippen molar-refractivity contribution >= 4 is 28.3 Å². The van der Waals surface area contributed by atoms with Crippen LogP contribution in [0.4, 0.5) is 11.5 Å². The summed E-state index contributed by atoms with van der Waals surface area (Å²) in [6.45, 7) is 4.09. The maximum absolute atomic E-state index is 13.2. The Morgan fingerprint density at radius 3 is 2.44 bits per heavy atom. The van der Waals surface area contributed by atoms with Crippen molar-refractivity contribution in [2.24, 2.45) is 0 Å². The van der Waals surface area contributed by atoms with E-state index in [0.29, 0.717) is 11.4 Å². The first-order valence-corrected chi connectivity index (χ1v) is 13.5. The smallest absolute Gasteiger partial charge is 0.276 e. The molecule has 4 aromatic rings. The second kappa shape index (κ2) is 11.1. The molecule has 0 atom stereocenters. The van der Waals surface area contributed by atoms with Gasteiger partial charge in [-0.1, -0.05) is 6.07 Å². The van der Waals surface area contributed by atoms with E-state index in [1.165, 1.54) is 0 Å². The third kappa shape index (κ3) is 5.78. The highest BCUT2D eigenvalue weighted by atomic mass is 16.3. The standard InChI is InChI=1S/C29H33N7O3/c37-23-5-9-35(10-6-23)18-19-13-21(16-30-15-19)20-1-3-26-25(14-20)28(34-33-26)29(39)32-22-2-4-27(31-17-22)36-11-7-24(38)8-12-36/h1-4,13-17,23-24,37-38H,5-12,18H2,(H,32,39)(H,33,34). The van der Waals surface area contributed by atoms with E-state index in [4.69, 9.17) is 0 Å². The molecule has 2 aliphatic heterocycles. The largest absolute Gasteiger partial charge is 0.393 e. The minimum atomic E-state index is -0.312. The Bertz CT molecular complexity index is 1440. The Hall–Kier alpha value is -3.86. The molecule has 1 amide bonds. The summed E-state index contributed by atoms with van der Waals surface area (Å²) in [6.07, 6.45) is 8.02. The van der Waals surface area contributed by atoms with Gasteiger partial charge in [-0.2, -0.15) is 5.10 Å². The number of aliphatic hydroxyl groups is 2. The number of aromatic nitrogens is 4. The first-order chi connectivity index (χ1) is 19.0. The number of carbonyl (C=O) groups is 1. The van der Waals surface area contributed by atoms with E-state index in [-0.39, 0.29) is 18.1 Å². The minimum absolute atomic E-state index is 0.190. The number of fused-ring (bicyclic) bond motifs is 1. The number of H-pyrrole nitrogens is 1. The van der Waals surface area contributed by atoms with E-state index in [0.717, 1.165) is 91.8 Å². The number of carbonyl (C=O) groups excluding carboxylic acids is 1. The molecule has 0 saturated carbocycles. The van der Waals surface area contributed by atoms with Gasteiger partial charge in [0.15, 0.2) is 5.69 Å². The van der Waals surface area contributed by atoms with Crippen LogP contribution in [0.3, 0.4) is 0 Å². The molecule has 10 nitrogen and oxygen atoms in total. The van der Waals surface area contributed by atoms with Crippen molar-refractivity contribution in [3.8, 4) is 11.1 Å². The lowest BCUT2D eigenvalue weighted by Gasteiger charge is -2.30. The Morgan fingerprint density at radius 2 is 1.69 bits per heavy atom. The van der Waals surface area contributed by atoms with E-state index < -0.39 is 0 Å². The van der Waals surface area contributed by atoms with Gasteiger partial charge in [-0.15, -0.1) is 0 Å². The molecule has 0 radical (unpaired) electrons. The Kier molecular flexibility index (Phi) is 7.23. The molecular formula is C29H33N7O3. The van der Waals surface area contributed by atoms with Gasteiger partial charge in [0.1, 0.15) is 5.82 Å². The molecule has 5 heterocycles. The molecule has 1 aromatic carbocycles. The summed E-state index contributed by atoms with van der Waals surface area (Å²) in [5.41, 5.74) is 4.74. The summed E-state index contributed by atoms with van der Waals surface area (Å²) in [5, 5.41) is 30.4. The Morgan fingerprint density at radius 1 is 0.923 bits per heavy atom. The van der Waals surface area contributed by atoms with Crippen molar-refractivity contribution in [1.82, 2.24) is 25.1 Å². The van der Waals surface area contributed by atoms with Gasteiger partial charge in [0.25, 0.3) is 5.91 Å². The number of rotatable bonds is 6. The van der Waals surface area contributed by atoms with Crippen LogP contribution in [0.15, 0.2) is 55.0 Å². The number of amides is 1. The maximum Gasteiger partial charge on any atom is 0.276 e. The van der Waals surface area contributed by atoms with Crippen molar-refractivity contribution in [3.63, 3.8) is 0 Å². The molecule has 2 fully saturated rings. The fraction of sp³-hybridized carbons (Fsp3) is 0.379. The summed E-state index contributed by atoms with van der Waals surface area (Å²) >= 11 is 0. The van der Waals surface area contributed by atoms with Gasteiger partial charge in [0.2, 0.25) is 0 Å². The van der Waals surface area contributed by atoms with Crippen LogP contribution in [0.2, 0.25) is 0 Å². The lowest BCUT2D eigenvalue weighted by atomic mass is 10.0. The van der Waals surface area contributed by atoms with E-state index in [1.54, 1.807) is 6.20 Å². The van der Waals surface area contributed by atoms with Gasteiger partial charge in [0.05, 0.1) is 29.6 Å². The molecule has 39 heavy (non-hydrogen) atoms. The molecule has 6 rings (SSSR count). The number of hydrogen-bond acceptors (Lipinski definition) is 8. The van der Waals surface area contributed by atoms with Gasteiger partial charge in [-0.25, -0.2) is 4.98 Å². The summed E-state index contributed by atoms with van der Waals surface area (Å²) in [4.78, 5) is 26.6. The first kappa shape index (κ1) is 25.4. The van der Waals surface area contributed by atoms with Crippen LogP contribution >= 0.6 is 0 Å². The number of aromatic amines is 1. The van der Waals surface area contributed by atoms with Gasteiger partial charge in [0, 0.05) is 56.1 Å². The average Bonchev–Trinajstić information content (AvgIpc) is 3.39. The highest BCUT2D eigenvalue weighted by Crippen LogP contribution is 2.27. The van der Waals surface area contributed by atoms with Crippen molar-refractivity contribution in [2.75, 3.05) is 36.4 Å². The summed E-state index contributed by atoms with van der Waals surface area (Å²) in [5.74, 6) is 0.525. The summed E-state index contributed by atoms with van der Waals surface area (Å²) in [7, 11) is 0. The molecule has 0 bridgehead atoms. The van der Waals surface area contributed by atoms with Crippen molar-refractivity contribution < 1.29 is 15.0 Å². The van der Waals surface area contributed by atoms with E-state index in [2.05, 4.69) is 41.3 Å². The van der Waals surface area contributed by atoms with Crippen LogP contribution in [-0.2, 0) is 6.54 Å². The van der Waals surface area contributed by atoms with E-state index >= 15 is 0 Å². The second-order valence-corrected chi connectivity index (χ2v) is 10.5. The summed E-state index contributed by atoms with van der Waals surface area (Å²) in [6, 6.07) is 11.8. The van der Waals surface area contributed by atoms with E-state index in [1.807, 2.05) is 42.7 Å². The van der Waals surface area contributed by atoms with Crippen LogP contribution < -0.4 is 10.2 Å². The Balaban J connectivity index is 1.16. The van der Waals surface area contributed by atoms with Crippen LogP contribution in [0.5, 0.6) is 0 Å². The zero-order valence-corrected chi connectivity index (χ0v) is 21.8. The molecule has 0 unspecified atom stereocenters. The Labute approximate surface area is 226 Å². The van der Waals surface area contributed by atoms with Crippen LogP contribution in [0, 0.1) is 0 Å². The van der Waals surface area contributed by atoms with Gasteiger partial charge in [-0.3, -0.25) is 19.8 Å². The third-order valence-corrected chi connectivity index (χ3v) is 7.66. The predicted octanol–water partition coefficient (Wildman–Crippen LogP) is 3.19. The third-order valence-electron chi connectivity index (χ3n) is 7.66. The monoisotopic (exact) mass is 527 g/mol. The van der Waals surface area contributed by atoms with Crippen molar-refractivity contribution in [3.05, 3.63) is 66.2 Å². The quantitative estimate of drug-likeness (QED) is 0.301. The number of benzene rings is 1. The molecule has 0 spiro atoms. The lowest BCUT2D eigenvalue weighted by molar-refractivity contribution is 0.0792. The fourth-order valence-corrected chi connectivity index (χ4v) is 5.37. The molecule has 10 heteroatoms. The van der Waals surface area contributed by atoms with Gasteiger partial charge < -0.3 is 20.4 Å². The number of nitrogens with zero attached hydrogens (tertiary/aromatic N) is 5. The van der Waals surface area contributed by atoms with Gasteiger partial charge in [-0.05, 0) is 67.1 Å². The van der Waals surface area contributed by atoms with Gasteiger partial charge >= 0.3 is 0 Å². The molecule has 3 aromatic heterocycles. The zero-order valence-electron chi connectivity index (χ0n) is 21.8. The molecule has 4 N–H and O–H groups in total. The predicted molar refractivity (Wildman–Crippen MR) is 149 cm³/mol. The number of anilines is 2.